The molecule has 0 saturated carbocycles. The third-order valence-electron chi connectivity index (χ3n) is 3.51. The minimum Gasteiger partial charge on any atom is -0.294 e. The first-order valence-electron chi connectivity index (χ1n) is 6.63. The van der Waals surface area contributed by atoms with Crippen molar-refractivity contribution in [1.82, 2.24) is 5.06 Å². The minimum atomic E-state index is -4.30. The van der Waals surface area contributed by atoms with Crippen LogP contribution in [0.3, 0.4) is 0 Å². The number of benzene rings is 2. The second kappa shape index (κ2) is 5.50. The smallest absolute Gasteiger partial charge is 0.294 e. The van der Waals surface area contributed by atoms with E-state index in [9.17, 15) is 13.2 Å². The molecule has 1 aliphatic heterocycles. The van der Waals surface area contributed by atoms with E-state index in [1.807, 2.05) is 17.2 Å². The van der Waals surface area contributed by atoms with Crippen molar-refractivity contribution >= 4 is 0 Å². The van der Waals surface area contributed by atoms with Crippen molar-refractivity contribution in [2.45, 2.75) is 25.9 Å². The number of nitrogens with zero attached hydrogens (tertiary/aromatic N) is 1. The lowest BCUT2D eigenvalue weighted by molar-refractivity contribution is -0.176. The Morgan fingerprint density at radius 2 is 1.48 bits per heavy atom. The molecule has 0 amide bonds. The highest BCUT2D eigenvalue weighted by atomic mass is 19.4. The van der Waals surface area contributed by atoms with E-state index in [2.05, 4.69) is 12.1 Å². The van der Waals surface area contributed by atoms with E-state index in [-0.39, 0.29) is 6.61 Å². The molecule has 1 aliphatic rings. The fourth-order valence-corrected chi connectivity index (χ4v) is 2.35. The van der Waals surface area contributed by atoms with E-state index in [1.165, 1.54) is 23.3 Å². The Kier molecular flexibility index (Phi) is 3.69. The number of halogens is 3. The van der Waals surface area contributed by atoms with Gasteiger partial charge in [0.05, 0.1) is 12.2 Å². The van der Waals surface area contributed by atoms with E-state index >= 15 is 0 Å². The molecular weight excluding hydrogens is 279 g/mol. The fraction of sp³-hybridized carbons (Fsp3) is 0.250. The molecule has 21 heavy (non-hydrogen) atoms. The molecule has 0 atom stereocenters. The molecule has 5 heteroatoms. The van der Waals surface area contributed by atoms with Crippen LogP contribution in [0.1, 0.15) is 22.3 Å². The summed E-state index contributed by atoms with van der Waals surface area (Å²) in [5.41, 5.74) is 2.54. The highest BCUT2D eigenvalue weighted by molar-refractivity contribution is 5.29. The maximum atomic E-state index is 12.5. The molecule has 0 fully saturated rings. The van der Waals surface area contributed by atoms with Crippen molar-refractivity contribution in [3.8, 4) is 0 Å². The summed E-state index contributed by atoms with van der Waals surface area (Å²) in [6, 6.07) is 13.1. The summed E-state index contributed by atoms with van der Waals surface area (Å²) < 4.78 is 37.4. The van der Waals surface area contributed by atoms with Gasteiger partial charge in [-0.2, -0.15) is 18.2 Å². The van der Waals surface area contributed by atoms with E-state index in [0.717, 1.165) is 17.7 Å². The van der Waals surface area contributed by atoms with E-state index in [1.54, 1.807) is 0 Å². The summed E-state index contributed by atoms with van der Waals surface area (Å²) in [5.74, 6) is 0. The SMILES string of the molecule is FC(F)(F)c1ccc(CON2Cc3ccccc3C2)cc1. The molecule has 2 aromatic rings. The van der Waals surface area contributed by atoms with Gasteiger partial charge >= 0.3 is 6.18 Å². The number of alkyl halides is 3. The third kappa shape index (κ3) is 3.25. The van der Waals surface area contributed by atoms with Gasteiger partial charge in [-0.05, 0) is 28.8 Å². The van der Waals surface area contributed by atoms with Crippen molar-refractivity contribution in [2.75, 3.05) is 0 Å². The molecule has 2 nitrogen and oxygen atoms in total. The van der Waals surface area contributed by atoms with Gasteiger partial charge in [-0.25, -0.2) is 0 Å². The molecule has 0 saturated heterocycles. The topological polar surface area (TPSA) is 12.5 Å². The van der Waals surface area contributed by atoms with Gasteiger partial charge in [0.2, 0.25) is 0 Å². The normalized spacial score (nSPS) is 15.2. The van der Waals surface area contributed by atoms with Gasteiger partial charge in [0.1, 0.15) is 0 Å². The highest BCUT2D eigenvalue weighted by Crippen LogP contribution is 2.29. The average Bonchev–Trinajstić information content (AvgIpc) is 2.87. The van der Waals surface area contributed by atoms with Gasteiger partial charge in [-0.15, -0.1) is 0 Å². The Balaban J connectivity index is 1.57. The van der Waals surface area contributed by atoms with Crippen LogP contribution in [0.15, 0.2) is 48.5 Å². The van der Waals surface area contributed by atoms with Crippen LogP contribution in [-0.4, -0.2) is 5.06 Å². The molecule has 0 bridgehead atoms. The summed E-state index contributed by atoms with van der Waals surface area (Å²) in [7, 11) is 0. The molecule has 110 valence electrons. The largest absolute Gasteiger partial charge is 0.416 e. The zero-order valence-corrected chi connectivity index (χ0v) is 11.2. The number of hydroxylamine groups is 2. The first kappa shape index (κ1) is 14.1. The van der Waals surface area contributed by atoms with E-state index in [0.29, 0.717) is 13.1 Å². The zero-order valence-electron chi connectivity index (χ0n) is 11.2. The van der Waals surface area contributed by atoms with Crippen molar-refractivity contribution in [3.63, 3.8) is 0 Å². The fourth-order valence-electron chi connectivity index (χ4n) is 2.35. The maximum absolute atomic E-state index is 12.5. The Morgan fingerprint density at radius 1 is 0.905 bits per heavy atom. The van der Waals surface area contributed by atoms with Crippen LogP contribution in [0.4, 0.5) is 13.2 Å². The Hall–Kier alpha value is -1.85. The maximum Gasteiger partial charge on any atom is 0.416 e. The number of hydrogen-bond acceptors (Lipinski definition) is 2. The molecule has 3 rings (SSSR count). The van der Waals surface area contributed by atoms with Crippen LogP contribution in [-0.2, 0) is 30.7 Å². The molecule has 1 heterocycles. The summed E-state index contributed by atoms with van der Waals surface area (Å²) in [4.78, 5) is 5.65. The van der Waals surface area contributed by atoms with Crippen LogP contribution >= 0.6 is 0 Å². The standard InChI is InChI=1S/C16H14F3NO/c17-16(18,19)15-7-5-12(6-8-15)11-21-20-9-13-3-1-2-4-14(13)10-20/h1-8H,9-11H2. The van der Waals surface area contributed by atoms with E-state index in [4.69, 9.17) is 4.84 Å². The molecule has 0 aromatic heterocycles. The molecule has 0 N–H and O–H groups in total. The first-order chi connectivity index (χ1) is 10.0. The Labute approximate surface area is 120 Å². The van der Waals surface area contributed by atoms with Crippen LogP contribution in [0.5, 0.6) is 0 Å². The number of fused-ring (bicyclic) bond motifs is 1. The van der Waals surface area contributed by atoms with Crippen molar-refractivity contribution < 1.29 is 18.0 Å². The molecule has 0 spiro atoms. The van der Waals surface area contributed by atoms with Crippen molar-refractivity contribution in [1.29, 1.82) is 0 Å². The van der Waals surface area contributed by atoms with Gasteiger partial charge in [-0.3, -0.25) is 4.84 Å². The summed E-state index contributed by atoms with van der Waals surface area (Å²) >= 11 is 0. The Bertz CT molecular complexity index is 597. The van der Waals surface area contributed by atoms with Gasteiger partial charge in [0.25, 0.3) is 0 Å². The lowest BCUT2D eigenvalue weighted by atomic mass is 10.1. The van der Waals surface area contributed by atoms with Crippen LogP contribution in [0, 0.1) is 0 Å². The van der Waals surface area contributed by atoms with E-state index < -0.39 is 11.7 Å². The molecular formula is C16H14F3NO. The molecule has 0 radical (unpaired) electrons. The minimum absolute atomic E-state index is 0.270. The molecule has 0 unspecified atom stereocenters. The second-order valence-corrected chi connectivity index (χ2v) is 5.03. The monoisotopic (exact) mass is 293 g/mol. The van der Waals surface area contributed by atoms with Gasteiger partial charge in [-0.1, -0.05) is 36.4 Å². The van der Waals surface area contributed by atoms with Gasteiger partial charge < -0.3 is 0 Å². The van der Waals surface area contributed by atoms with Crippen LogP contribution < -0.4 is 0 Å². The van der Waals surface area contributed by atoms with Crippen molar-refractivity contribution in [2.24, 2.45) is 0 Å². The lowest BCUT2D eigenvalue weighted by Crippen LogP contribution is -2.16. The summed E-state index contributed by atoms with van der Waals surface area (Å²) in [5, 5.41) is 1.82. The third-order valence-corrected chi connectivity index (χ3v) is 3.51. The first-order valence-corrected chi connectivity index (χ1v) is 6.63. The lowest BCUT2D eigenvalue weighted by Gasteiger charge is -2.15. The van der Waals surface area contributed by atoms with Gasteiger partial charge in [0, 0.05) is 13.1 Å². The summed E-state index contributed by atoms with van der Waals surface area (Å²) in [6.07, 6.45) is -4.30. The number of hydrogen-bond donors (Lipinski definition) is 0. The second-order valence-electron chi connectivity index (χ2n) is 5.03. The predicted molar refractivity (Wildman–Crippen MR) is 71.9 cm³/mol. The zero-order chi connectivity index (χ0) is 14.9. The van der Waals surface area contributed by atoms with Crippen molar-refractivity contribution in [3.05, 3.63) is 70.8 Å². The summed E-state index contributed by atoms with van der Waals surface area (Å²) in [6.45, 7) is 1.68. The molecule has 2 aromatic carbocycles. The van der Waals surface area contributed by atoms with Crippen LogP contribution in [0.25, 0.3) is 0 Å². The number of rotatable bonds is 3. The molecule has 0 aliphatic carbocycles. The van der Waals surface area contributed by atoms with Gasteiger partial charge in [0.15, 0.2) is 0 Å². The quantitative estimate of drug-likeness (QED) is 0.843. The Morgan fingerprint density at radius 3 is 2.00 bits per heavy atom. The van der Waals surface area contributed by atoms with Crippen LogP contribution in [0.2, 0.25) is 0 Å². The highest BCUT2D eigenvalue weighted by Gasteiger charge is 2.30. The average molecular weight is 293 g/mol. The predicted octanol–water partition coefficient (Wildman–Crippen LogP) is 4.15.